The van der Waals surface area contributed by atoms with Crippen LogP contribution in [0.3, 0.4) is 0 Å². The Morgan fingerprint density at radius 3 is 1.85 bits per heavy atom. The van der Waals surface area contributed by atoms with Gasteiger partial charge in [0.2, 0.25) is 0 Å². The maximum Gasteiger partial charge on any atom is 0.0832 e. The predicted octanol–water partition coefficient (Wildman–Crippen LogP) is 2.08. The number of anilines is 1. The topological polar surface area (TPSA) is 25.4 Å². The van der Waals surface area contributed by atoms with E-state index in [0.717, 1.165) is 0 Å². The van der Waals surface area contributed by atoms with Gasteiger partial charge in [0.15, 0.2) is 0 Å². The molecule has 0 aromatic carbocycles. The third-order valence-electron chi connectivity index (χ3n) is 1.18. The average Bonchev–Trinajstić information content (AvgIpc) is 2.07. The van der Waals surface area contributed by atoms with Gasteiger partial charge in [-0.15, -0.1) is 0 Å². The molecule has 6 heteroatoms. The molecule has 2 radical (unpaired) electrons. The Labute approximate surface area is 98.8 Å². The van der Waals surface area contributed by atoms with Crippen LogP contribution in [0.15, 0.2) is 24.5 Å². The summed E-state index contributed by atoms with van der Waals surface area (Å²) in [6.07, 6.45) is 3.57. The van der Waals surface area contributed by atoms with E-state index in [9.17, 15) is 0 Å². The van der Waals surface area contributed by atoms with Crippen LogP contribution >= 0.6 is 23.7 Å². The fourth-order valence-electron chi connectivity index (χ4n) is 0.642. The van der Waals surface area contributed by atoms with E-state index in [-0.39, 0.29) is 17.1 Å². The first kappa shape index (κ1) is 15.5. The first-order valence-electron chi connectivity index (χ1n) is 3.19. The van der Waals surface area contributed by atoms with Gasteiger partial charge >= 0.3 is 0 Å². The van der Waals surface area contributed by atoms with Crippen molar-refractivity contribution in [2.75, 3.05) is 19.0 Å². The molecule has 1 aromatic rings. The summed E-state index contributed by atoms with van der Waals surface area (Å²) >= 11 is 8.53. The SMILES string of the molecule is CN(C)c1ccncc1.ClOCl.[Se]. The third kappa shape index (κ3) is 8.34. The van der Waals surface area contributed by atoms with E-state index in [0.29, 0.717) is 0 Å². The molecule has 0 unspecified atom stereocenters. The Bertz CT molecular complexity index is 199. The molecule has 0 fully saturated rings. The minimum absolute atomic E-state index is 0. The first-order valence-corrected chi connectivity index (χ1v) is 3.80. The average molecular weight is 288 g/mol. The summed E-state index contributed by atoms with van der Waals surface area (Å²) < 4.78 is 3.19. The van der Waals surface area contributed by atoms with Crippen LogP contribution in [0.1, 0.15) is 0 Å². The van der Waals surface area contributed by atoms with Crippen LogP contribution in [0.2, 0.25) is 0 Å². The van der Waals surface area contributed by atoms with E-state index in [4.69, 9.17) is 0 Å². The van der Waals surface area contributed by atoms with E-state index >= 15 is 0 Å². The second kappa shape index (κ2) is 10.1. The van der Waals surface area contributed by atoms with Crippen molar-refractivity contribution in [3.8, 4) is 0 Å². The fourth-order valence-corrected chi connectivity index (χ4v) is 0.642. The van der Waals surface area contributed by atoms with Crippen molar-refractivity contribution in [2.24, 2.45) is 0 Å². The van der Waals surface area contributed by atoms with Crippen LogP contribution in [0.5, 0.6) is 0 Å². The Morgan fingerprint density at radius 2 is 1.62 bits per heavy atom. The summed E-state index contributed by atoms with van der Waals surface area (Å²) in [6, 6.07) is 3.94. The van der Waals surface area contributed by atoms with Gasteiger partial charge in [-0.25, -0.2) is 0 Å². The van der Waals surface area contributed by atoms with Crippen LogP contribution in [-0.2, 0) is 3.84 Å². The van der Waals surface area contributed by atoms with Gasteiger partial charge in [0, 0.05) is 49.2 Å². The normalized spacial score (nSPS) is 7.69. The molecule has 0 bridgehead atoms. The quantitative estimate of drug-likeness (QED) is 0.740. The molecule has 0 aliphatic rings. The van der Waals surface area contributed by atoms with Gasteiger partial charge in [-0.05, 0) is 12.1 Å². The number of aromatic nitrogens is 1. The standard InChI is InChI=1S/C7H10N2.Cl2O.Se/c1-9(2)7-3-5-8-6-4-7;1-3-2;/h3-6H,1-2H3;;. The number of rotatable bonds is 1. The molecule has 0 N–H and O–H groups in total. The molecule has 1 rings (SSSR count). The molecule has 13 heavy (non-hydrogen) atoms. The van der Waals surface area contributed by atoms with Gasteiger partial charge < -0.3 is 4.90 Å². The Hall–Kier alpha value is 0.00948. The van der Waals surface area contributed by atoms with Crippen molar-refractivity contribution < 1.29 is 3.84 Å². The summed E-state index contributed by atoms with van der Waals surface area (Å²) in [5.41, 5.74) is 1.19. The fraction of sp³-hybridized carbons (Fsp3) is 0.286. The van der Waals surface area contributed by atoms with Gasteiger partial charge in [0.05, 0.1) is 23.7 Å². The number of hydrogen-bond acceptors (Lipinski definition) is 3. The van der Waals surface area contributed by atoms with Crippen molar-refractivity contribution in [3.63, 3.8) is 0 Å². The van der Waals surface area contributed by atoms with E-state index in [1.165, 1.54) is 5.69 Å². The van der Waals surface area contributed by atoms with Crippen molar-refractivity contribution in [1.82, 2.24) is 4.98 Å². The molecule has 0 spiro atoms. The summed E-state index contributed by atoms with van der Waals surface area (Å²) in [7, 11) is 4.02. The molecule has 0 saturated carbocycles. The van der Waals surface area contributed by atoms with Gasteiger partial charge in [-0.3, -0.25) is 4.98 Å². The monoisotopic (exact) mass is 288 g/mol. The van der Waals surface area contributed by atoms with Gasteiger partial charge in [0.25, 0.3) is 0 Å². The first-order chi connectivity index (χ1) is 5.72. The molecule has 0 atom stereocenters. The predicted molar refractivity (Wildman–Crippen MR) is 57.1 cm³/mol. The second-order valence-electron chi connectivity index (χ2n) is 2.16. The number of nitrogens with zero attached hydrogens (tertiary/aromatic N) is 2. The molecule has 1 aromatic heterocycles. The number of halogens is 2. The van der Waals surface area contributed by atoms with Crippen LogP contribution < -0.4 is 4.90 Å². The molecule has 0 amide bonds. The van der Waals surface area contributed by atoms with Crippen molar-refractivity contribution in [2.45, 2.75) is 0 Å². The second-order valence-corrected chi connectivity index (χ2v) is 2.62. The van der Waals surface area contributed by atoms with E-state index in [1.54, 1.807) is 12.4 Å². The van der Waals surface area contributed by atoms with Gasteiger partial charge in [-0.1, -0.05) is 0 Å². The smallest absolute Gasteiger partial charge is 0.0832 e. The Morgan fingerprint density at radius 1 is 1.23 bits per heavy atom. The third-order valence-corrected chi connectivity index (χ3v) is 1.18. The summed E-state index contributed by atoms with van der Waals surface area (Å²) in [6.45, 7) is 0. The van der Waals surface area contributed by atoms with Crippen molar-refractivity contribution in [1.29, 1.82) is 0 Å². The molecular weight excluding hydrogens is 278 g/mol. The zero-order chi connectivity index (χ0) is 9.40. The van der Waals surface area contributed by atoms with Crippen LogP contribution in [0.4, 0.5) is 5.69 Å². The summed E-state index contributed by atoms with van der Waals surface area (Å²) in [5.74, 6) is 0. The number of pyridine rings is 1. The van der Waals surface area contributed by atoms with E-state index in [1.807, 2.05) is 31.1 Å². The number of hydrogen-bond donors (Lipinski definition) is 0. The molecule has 1 heterocycles. The minimum Gasteiger partial charge on any atom is -0.378 e. The van der Waals surface area contributed by atoms with Gasteiger partial charge in [0.1, 0.15) is 0 Å². The summed E-state index contributed by atoms with van der Waals surface area (Å²) in [5, 5.41) is 0. The van der Waals surface area contributed by atoms with Crippen molar-refractivity contribution >= 4 is 46.5 Å². The zero-order valence-electron chi connectivity index (χ0n) is 7.28. The van der Waals surface area contributed by atoms with E-state index < -0.39 is 0 Å². The van der Waals surface area contributed by atoms with Crippen LogP contribution in [0.25, 0.3) is 0 Å². The minimum atomic E-state index is 0. The maximum atomic E-state index is 4.26. The van der Waals surface area contributed by atoms with Crippen LogP contribution in [-0.4, -0.2) is 36.1 Å². The molecule has 0 saturated heterocycles. The molecular formula is C7H10Cl2N2OSe. The summed E-state index contributed by atoms with van der Waals surface area (Å²) in [4.78, 5) is 5.94. The molecule has 0 aliphatic carbocycles. The largest absolute Gasteiger partial charge is 0.378 e. The molecule has 3 nitrogen and oxygen atoms in total. The molecule has 74 valence electrons. The Kier molecular flexibility index (Phi) is 12.0. The maximum absolute atomic E-state index is 4.26. The Balaban J connectivity index is 0. The van der Waals surface area contributed by atoms with Gasteiger partial charge in [-0.2, -0.15) is 3.84 Å². The van der Waals surface area contributed by atoms with Crippen LogP contribution in [0, 0.1) is 0 Å². The zero-order valence-corrected chi connectivity index (χ0v) is 10.5. The molecule has 0 aliphatic heterocycles. The van der Waals surface area contributed by atoms with E-state index in [2.05, 4.69) is 32.6 Å². The van der Waals surface area contributed by atoms with Crippen molar-refractivity contribution in [3.05, 3.63) is 24.5 Å².